The zero-order valence-electron chi connectivity index (χ0n) is 12.8. The van der Waals surface area contributed by atoms with Crippen LogP contribution in [0.1, 0.15) is 34.6 Å². The van der Waals surface area contributed by atoms with Gasteiger partial charge in [0, 0.05) is 11.7 Å². The van der Waals surface area contributed by atoms with Gasteiger partial charge < -0.3 is 24.8 Å². The van der Waals surface area contributed by atoms with Gasteiger partial charge in [-0.05, 0) is 40.8 Å². The second-order valence-electron chi connectivity index (χ2n) is 5.56. The molecule has 2 N–H and O–H groups in total. The Labute approximate surface area is 120 Å². The summed E-state index contributed by atoms with van der Waals surface area (Å²) in [5, 5.41) is 10.2. The van der Waals surface area contributed by atoms with Gasteiger partial charge in [-0.15, -0.1) is 0 Å². The van der Waals surface area contributed by atoms with E-state index in [0.717, 1.165) is 6.21 Å². The first-order valence-corrected chi connectivity index (χ1v) is 6.68. The third kappa shape index (κ3) is 3.83. The Morgan fingerprint density at radius 1 is 1.30 bits per heavy atom. The molecular formula is C13H23BN2O4. The van der Waals surface area contributed by atoms with E-state index in [0.29, 0.717) is 12.1 Å². The summed E-state index contributed by atoms with van der Waals surface area (Å²) >= 11 is 0. The minimum Gasteiger partial charge on any atom is -0.465 e. The zero-order valence-corrected chi connectivity index (χ0v) is 12.8. The summed E-state index contributed by atoms with van der Waals surface area (Å²) in [6.45, 7) is 9.92. The van der Waals surface area contributed by atoms with Crippen LogP contribution in [0.15, 0.2) is 11.7 Å². The number of carbonyl (C=O) groups is 1. The van der Waals surface area contributed by atoms with Gasteiger partial charge in [0.2, 0.25) is 0 Å². The molecule has 20 heavy (non-hydrogen) atoms. The van der Waals surface area contributed by atoms with Crippen LogP contribution in [0, 0.1) is 5.41 Å². The molecular weight excluding hydrogens is 259 g/mol. The first-order valence-electron chi connectivity index (χ1n) is 6.68. The summed E-state index contributed by atoms with van der Waals surface area (Å²) in [6.07, 6.45) is 2.70. The molecule has 0 saturated carbocycles. The quantitative estimate of drug-likeness (QED) is 0.436. The number of carbonyl (C=O) groups excluding carboxylic acids is 1. The highest BCUT2D eigenvalue weighted by atomic mass is 16.7. The van der Waals surface area contributed by atoms with Crippen LogP contribution in [-0.4, -0.2) is 43.7 Å². The fourth-order valence-electron chi connectivity index (χ4n) is 1.62. The number of hydrogen-bond donors (Lipinski definition) is 2. The number of allylic oxidation sites excluding steroid dienone is 1. The van der Waals surface area contributed by atoms with Crippen molar-refractivity contribution in [2.75, 3.05) is 13.2 Å². The van der Waals surface area contributed by atoms with Crippen LogP contribution in [0.3, 0.4) is 0 Å². The Morgan fingerprint density at radius 2 is 1.85 bits per heavy atom. The number of ether oxygens (including phenoxy) is 1. The maximum atomic E-state index is 11.2. The summed E-state index contributed by atoms with van der Waals surface area (Å²) in [5.41, 5.74) is -0.394. The van der Waals surface area contributed by atoms with Crippen molar-refractivity contribution in [1.29, 1.82) is 5.41 Å². The van der Waals surface area contributed by atoms with Gasteiger partial charge in [-0.2, -0.15) is 0 Å². The zero-order chi connectivity index (χ0) is 15.4. The third-order valence-electron chi connectivity index (χ3n) is 3.51. The predicted molar refractivity (Wildman–Crippen MR) is 77.6 cm³/mol. The van der Waals surface area contributed by atoms with Gasteiger partial charge in [0.15, 0.2) is 0 Å². The second kappa shape index (κ2) is 6.41. The standard InChI is InChI=1S/C13H23BN2O4/c1-6-18-11(17)9-16-8-10(7-15)14-19-12(2,3)13(4,5)20-14/h7-8,15-16H,6,9H2,1-5H3/b10-8+,15-7?. The molecule has 1 heterocycles. The van der Waals surface area contributed by atoms with Crippen molar-refractivity contribution in [3.05, 3.63) is 11.7 Å². The van der Waals surface area contributed by atoms with E-state index in [1.165, 1.54) is 0 Å². The van der Waals surface area contributed by atoms with Gasteiger partial charge in [0.1, 0.15) is 6.54 Å². The van der Waals surface area contributed by atoms with E-state index in [4.69, 9.17) is 19.5 Å². The van der Waals surface area contributed by atoms with Gasteiger partial charge in [-0.25, -0.2) is 0 Å². The molecule has 0 unspecified atom stereocenters. The summed E-state index contributed by atoms with van der Waals surface area (Å²) in [7, 11) is -0.618. The largest absolute Gasteiger partial charge is 0.497 e. The molecule has 112 valence electrons. The Hall–Kier alpha value is -1.34. The number of nitrogens with one attached hydrogen (secondary N) is 2. The van der Waals surface area contributed by atoms with E-state index in [9.17, 15) is 4.79 Å². The highest BCUT2D eigenvalue weighted by molar-refractivity contribution is 6.60. The van der Waals surface area contributed by atoms with Crippen molar-refractivity contribution >= 4 is 19.3 Å². The molecule has 0 aromatic rings. The van der Waals surface area contributed by atoms with Crippen LogP contribution in [0.5, 0.6) is 0 Å². The topological polar surface area (TPSA) is 80.6 Å². The fraction of sp³-hybridized carbons (Fsp3) is 0.692. The third-order valence-corrected chi connectivity index (χ3v) is 3.51. The second-order valence-corrected chi connectivity index (χ2v) is 5.56. The van der Waals surface area contributed by atoms with Crippen LogP contribution in [0.2, 0.25) is 0 Å². The molecule has 1 aliphatic rings. The molecule has 0 spiro atoms. The lowest BCUT2D eigenvalue weighted by Crippen LogP contribution is -2.41. The number of hydrogen-bond acceptors (Lipinski definition) is 6. The Bertz CT molecular complexity index is 391. The molecule has 7 heteroatoms. The molecule has 0 radical (unpaired) electrons. The minimum absolute atomic E-state index is 0.0463. The van der Waals surface area contributed by atoms with Crippen molar-refractivity contribution in [3.63, 3.8) is 0 Å². The summed E-state index contributed by atoms with van der Waals surface area (Å²) in [4.78, 5) is 11.2. The average molecular weight is 282 g/mol. The van der Waals surface area contributed by atoms with Gasteiger partial charge in [-0.3, -0.25) is 4.79 Å². The maximum absolute atomic E-state index is 11.2. The molecule has 1 fully saturated rings. The summed E-state index contributed by atoms with van der Waals surface area (Å²) in [5.74, 6) is -0.345. The minimum atomic E-state index is -0.618. The number of esters is 1. The van der Waals surface area contributed by atoms with Crippen molar-refractivity contribution in [3.8, 4) is 0 Å². The Kier molecular flexibility index (Phi) is 5.36. The summed E-state index contributed by atoms with van der Waals surface area (Å²) in [6, 6.07) is 0. The lowest BCUT2D eigenvalue weighted by molar-refractivity contribution is -0.141. The molecule has 0 bridgehead atoms. The first kappa shape index (κ1) is 16.7. The molecule has 0 aliphatic carbocycles. The van der Waals surface area contributed by atoms with Crippen LogP contribution in [0.4, 0.5) is 0 Å². The predicted octanol–water partition coefficient (Wildman–Crippen LogP) is 1.30. The Balaban J connectivity index is 2.64. The van der Waals surface area contributed by atoms with Gasteiger partial charge >= 0.3 is 13.1 Å². The normalized spacial score (nSPS) is 20.6. The number of rotatable bonds is 6. The van der Waals surface area contributed by atoms with Crippen molar-refractivity contribution in [2.45, 2.75) is 45.8 Å². The van der Waals surface area contributed by atoms with E-state index < -0.39 is 18.3 Å². The highest BCUT2D eigenvalue weighted by Crippen LogP contribution is 2.38. The van der Waals surface area contributed by atoms with E-state index in [1.54, 1.807) is 13.1 Å². The molecule has 1 saturated heterocycles. The van der Waals surface area contributed by atoms with Gasteiger partial charge in [-0.1, -0.05) is 0 Å². The van der Waals surface area contributed by atoms with Crippen LogP contribution < -0.4 is 5.32 Å². The molecule has 0 aromatic heterocycles. The van der Waals surface area contributed by atoms with Gasteiger partial charge in [0.05, 0.1) is 17.8 Å². The van der Waals surface area contributed by atoms with E-state index in [1.807, 2.05) is 27.7 Å². The average Bonchev–Trinajstić information content (AvgIpc) is 2.54. The maximum Gasteiger partial charge on any atom is 0.497 e. The fourth-order valence-corrected chi connectivity index (χ4v) is 1.62. The SMILES string of the molecule is CCOC(=O)CN/C=C(\C=N)B1OC(C)(C)C(C)(C)O1. The van der Waals surface area contributed by atoms with Crippen LogP contribution >= 0.6 is 0 Å². The van der Waals surface area contributed by atoms with Crippen LogP contribution in [-0.2, 0) is 18.8 Å². The molecule has 0 atom stereocenters. The molecule has 0 aromatic carbocycles. The van der Waals surface area contributed by atoms with Crippen LogP contribution in [0.25, 0.3) is 0 Å². The smallest absolute Gasteiger partial charge is 0.465 e. The molecule has 6 nitrogen and oxygen atoms in total. The van der Waals surface area contributed by atoms with E-state index >= 15 is 0 Å². The summed E-state index contributed by atoms with van der Waals surface area (Å²) < 4.78 is 16.4. The van der Waals surface area contributed by atoms with Crippen molar-refractivity contribution in [1.82, 2.24) is 5.32 Å². The lowest BCUT2D eigenvalue weighted by atomic mass is 9.79. The van der Waals surface area contributed by atoms with Crippen molar-refractivity contribution < 1.29 is 18.8 Å². The molecule has 0 amide bonds. The van der Waals surface area contributed by atoms with E-state index in [2.05, 4.69) is 5.32 Å². The lowest BCUT2D eigenvalue weighted by Gasteiger charge is -2.32. The van der Waals surface area contributed by atoms with E-state index in [-0.39, 0.29) is 12.5 Å². The molecule has 1 aliphatic heterocycles. The van der Waals surface area contributed by atoms with Gasteiger partial charge in [0.25, 0.3) is 0 Å². The van der Waals surface area contributed by atoms with Crippen molar-refractivity contribution in [2.24, 2.45) is 0 Å². The highest BCUT2D eigenvalue weighted by Gasteiger charge is 2.52. The first-order chi connectivity index (χ1) is 9.23. The monoisotopic (exact) mass is 282 g/mol. The molecule has 1 rings (SSSR count). The Morgan fingerprint density at radius 3 is 2.30 bits per heavy atom.